The molecule has 2 heterocycles. The van der Waals surface area contributed by atoms with E-state index in [0.29, 0.717) is 16.4 Å². The maximum absolute atomic E-state index is 12.6. The monoisotopic (exact) mass is 399 g/mol. The quantitative estimate of drug-likeness (QED) is 0.316. The molecule has 0 aliphatic rings. The van der Waals surface area contributed by atoms with Gasteiger partial charge in [0.25, 0.3) is 0 Å². The van der Waals surface area contributed by atoms with Gasteiger partial charge in [-0.05, 0) is 30.5 Å². The summed E-state index contributed by atoms with van der Waals surface area (Å²) >= 11 is 1.36. The van der Waals surface area contributed by atoms with Gasteiger partial charge in [-0.25, -0.2) is 9.97 Å². The van der Waals surface area contributed by atoms with Gasteiger partial charge in [0, 0.05) is 16.5 Å². The van der Waals surface area contributed by atoms with Gasteiger partial charge in [-0.2, -0.15) is 0 Å². The second-order valence-corrected chi connectivity index (χ2v) is 7.68. The number of thioether (sulfide) groups is 1. The van der Waals surface area contributed by atoms with Crippen molar-refractivity contribution in [2.45, 2.75) is 11.9 Å². The Kier molecular flexibility index (Phi) is 4.41. The van der Waals surface area contributed by atoms with Crippen molar-refractivity contribution in [3.05, 3.63) is 72.6 Å². The minimum Gasteiger partial charge on any atom is -0.451 e. The molecule has 0 radical (unpaired) electrons. The van der Waals surface area contributed by atoms with E-state index < -0.39 is 0 Å². The van der Waals surface area contributed by atoms with Crippen LogP contribution in [0.15, 0.2) is 76.2 Å². The van der Waals surface area contributed by atoms with Gasteiger partial charge in [0.2, 0.25) is 5.91 Å². The summed E-state index contributed by atoms with van der Waals surface area (Å²) in [6, 6.07) is 21.6. The fourth-order valence-corrected chi connectivity index (χ4v) is 4.23. The van der Waals surface area contributed by atoms with Gasteiger partial charge >= 0.3 is 0 Å². The van der Waals surface area contributed by atoms with Gasteiger partial charge in [-0.15, -0.1) is 0 Å². The predicted octanol–water partition coefficient (Wildman–Crippen LogP) is 5.57. The smallest absolute Gasteiger partial charge is 0.234 e. The molecule has 5 aromatic rings. The lowest BCUT2D eigenvalue weighted by Gasteiger charge is -2.08. The molecule has 6 heteroatoms. The van der Waals surface area contributed by atoms with E-state index in [-0.39, 0.29) is 11.7 Å². The Hall–Kier alpha value is -3.38. The number of hydrogen-bond donors (Lipinski definition) is 1. The summed E-state index contributed by atoms with van der Waals surface area (Å²) < 4.78 is 5.97. The molecule has 5 nitrogen and oxygen atoms in total. The summed E-state index contributed by atoms with van der Waals surface area (Å²) in [4.78, 5) is 21.7. The largest absolute Gasteiger partial charge is 0.451 e. The number of aromatic nitrogens is 2. The molecule has 3 aromatic carbocycles. The average molecular weight is 399 g/mol. The van der Waals surface area contributed by atoms with Gasteiger partial charge in [-0.3, -0.25) is 4.79 Å². The van der Waals surface area contributed by atoms with Crippen molar-refractivity contribution >= 4 is 56.2 Å². The maximum atomic E-state index is 12.6. The zero-order chi connectivity index (χ0) is 19.8. The van der Waals surface area contributed by atoms with E-state index in [1.54, 1.807) is 0 Å². The lowest BCUT2D eigenvalue weighted by atomic mass is 10.1. The van der Waals surface area contributed by atoms with E-state index in [1.165, 1.54) is 11.8 Å². The van der Waals surface area contributed by atoms with Crippen molar-refractivity contribution in [1.29, 1.82) is 0 Å². The van der Waals surface area contributed by atoms with Gasteiger partial charge in [0.15, 0.2) is 5.58 Å². The molecule has 0 aliphatic heterocycles. The van der Waals surface area contributed by atoms with Crippen molar-refractivity contribution in [3.8, 4) is 0 Å². The van der Waals surface area contributed by atoms with Gasteiger partial charge in [-0.1, -0.05) is 60.3 Å². The van der Waals surface area contributed by atoms with Crippen molar-refractivity contribution in [3.63, 3.8) is 0 Å². The van der Waals surface area contributed by atoms with Crippen LogP contribution < -0.4 is 5.32 Å². The van der Waals surface area contributed by atoms with Crippen LogP contribution in [0.1, 0.15) is 5.82 Å². The number of carbonyl (C=O) groups is 1. The minimum absolute atomic E-state index is 0.0909. The first-order valence-corrected chi connectivity index (χ1v) is 10.2. The number of nitrogens with zero attached hydrogens (tertiary/aromatic N) is 2. The SMILES string of the molecule is Cc1nc(SCC(=O)Nc2cccc3ccccc23)c2oc3ccccc3c2n1. The molecule has 142 valence electrons. The van der Waals surface area contributed by atoms with Crippen LogP contribution in [0, 0.1) is 6.92 Å². The number of aryl methyl sites for hydroxylation is 1. The molecule has 0 unspecified atom stereocenters. The molecule has 0 atom stereocenters. The summed E-state index contributed by atoms with van der Waals surface area (Å²) in [7, 11) is 0. The van der Waals surface area contributed by atoms with Crippen LogP contribution >= 0.6 is 11.8 Å². The highest BCUT2D eigenvalue weighted by atomic mass is 32.2. The number of para-hydroxylation sites is 1. The fraction of sp³-hybridized carbons (Fsp3) is 0.0870. The van der Waals surface area contributed by atoms with E-state index in [9.17, 15) is 4.79 Å². The van der Waals surface area contributed by atoms with Gasteiger partial charge in [0.05, 0.1) is 5.75 Å². The molecule has 2 aromatic heterocycles. The van der Waals surface area contributed by atoms with Crippen molar-refractivity contribution in [1.82, 2.24) is 9.97 Å². The Morgan fingerprint density at radius 1 is 0.966 bits per heavy atom. The highest BCUT2D eigenvalue weighted by Gasteiger charge is 2.16. The molecule has 0 saturated carbocycles. The Morgan fingerprint density at radius 2 is 1.72 bits per heavy atom. The van der Waals surface area contributed by atoms with Crippen LogP contribution in [0.25, 0.3) is 32.8 Å². The normalized spacial score (nSPS) is 11.3. The number of hydrogen-bond acceptors (Lipinski definition) is 5. The van der Waals surface area contributed by atoms with Crippen molar-refractivity contribution in [2.75, 3.05) is 11.1 Å². The van der Waals surface area contributed by atoms with E-state index in [4.69, 9.17) is 4.42 Å². The Balaban J connectivity index is 1.41. The molecular weight excluding hydrogens is 382 g/mol. The molecule has 0 aliphatic carbocycles. The summed E-state index contributed by atoms with van der Waals surface area (Å²) in [5.41, 5.74) is 2.98. The molecular formula is C23H17N3O2S. The van der Waals surface area contributed by atoms with Crippen LogP contribution in [0.3, 0.4) is 0 Å². The third-order valence-electron chi connectivity index (χ3n) is 4.70. The second kappa shape index (κ2) is 7.22. The summed E-state index contributed by atoms with van der Waals surface area (Å²) in [5, 5.41) is 6.75. The molecule has 0 bridgehead atoms. The topological polar surface area (TPSA) is 68.0 Å². The maximum Gasteiger partial charge on any atom is 0.234 e. The molecule has 0 spiro atoms. The van der Waals surface area contributed by atoms with E-state index in [0.717, 1.165) is 32.9 Å². The highest BCUT2D eigenvalue weighted by molar-refractivity contribution is 8.00. The Bertz CT molecular complexity index is 1370. The summed E-state index contributed by atoms with van der Waals surface area (Å²) in [6.45, 7) is 1.85. The third kappa shape index (κ3) is 3.32. The van der Waals surface area contributed by atoms with Crippen molar-refractivity contribution < 1.29 is 9.21 Å². The van der Waals surface area contributed by atoms with Crippen LogP contribution in [-0.4, -0.2) is 21.6 Å². The number of amides is 1. The van der Waals surface area contributed by atoms with Crippen LogP contribution in [-0.2, 0) is 4.79 Å². The number of nitrogens with one attached hydrogen (secondary N) is 1. The van der Waals surface area contributed by atoms with E-state index in [1.807, 2.05) is 73.7 Å². The van der Waals surface area contributed by atoms with Crippen molar-refractivity contribution in [2.24, 2.45) is 0 Å². The van der Waals surface area contributed by atoms with Crippen LogP contribution in [0.4, 0.5) is 5.69 Å². The number of carbonyl (C=O) groups excluding carboxylic acids is 1. The molecule has 1 amide bonds. The van der Waals surface area contributed by atoms with Crippen LogP contribution in [0.5, 0.6) is 0 Å². The number of fused-ring (bicyclic) bond motifs is 4. The second-order valence-electron chi connectivity index (χ2n) is 6.72. The molecule has 5 rings (SSSR count). The molecule has 0 fully saturated rings. The number of anilines is 1. The lowest BCUT2D eigenvalue weighted by molar-refractivity contribution is -0.113. The Labute approximate surface area is 171 Å². The van der Waals surface area contributed by atoms with Crippen LogP contribution in [0.2, 0.25) is 0 Å². The summed E-state index contributed by atoms with van der Waals surface area (Å²) in [5.74, 6) is 0.791. The van der Waals surface area contributed by atoms with Gasteiger partial charge in [0.1, 0.15) is 22.0 Å². The zero-order valence-electron chi connectivity index (χ0n) is 15.7. The molecule has 29 heavy (non-hydrogen) atoms. The fourth-order valence-electron chi connectivity index (χ4n) is 3.42. The first-order chi connectivity index (χ1) is 14.2. The van der Waals surface area contributed by atoms with E-state index in [2.05, 4.69) is 15.3 Å². The average Bonchev–Trinajstić information content (AvgIpc) is 3.11. The summed E-state index contributed by atoms with van der Waals surface area (Å²) in [6.07, 6.45) is 0. The van der Waals surface area contributed by atoms with Gasteiger partial charge < -0.3 is 9.73 Å². The molecule has 1 N–H and O–H groups in total. The number of rotatable bonds is 4. The number of benzene rings is 3. The standard InChI is InChI=1S/C23H17N3O2S/c1-14-24-21-17-10-4-5-12-19(17)28-22(21)23(25-14)29-13-20(27)26-18-11-6-8-15-7-2-3-9-16(15)18/h2-12H,13H2,1H3,(H,26,27). The minimum atomic E-state index is -0.0909. The zero-order valence-corrected chi connectivity index (χ0v) is 16.5. The molecule has 0 saturated heterocycles. The Morgan fingerprint density at radius 3 is 2.62 bits per heavy atom. The highest BCUT2D eigenvalue weighted by Crippen LogP contribution is 2.33. The lowest BCUT2D eigenvalue weighted by Crippen LogP contribution is -2.14. The van der Waals surface area contributed by atoms with E-state index >= 15 is 0 Å². The third-order valence-corrected chi connectivity index (χ3v) is 5.66. The predicted molar refractivity (Wildman–Crippen MR) is 117 cm³/mol. The first-order valence-electron chi connectivity index (χ1n) is 9.25. The number of furan rings is 1. The first kappa shape index (κ1) is 17.7.